The number of sulfonamides is 1. The molecule has 1 N–H and O–H groups in total. The molecular weight excluding hydrogens is 362 g/mol. The average Bonchev–Trinajstić information content (AvgIpc) is 2.60. The van der Waals surface area contributed by atoms with Crippen molar-refractivity contribution in [1.82, 2.24) is 5.32 Å². The number of rotatable bonds is 7. The lowest BCUT2D eigenvalue weighted by Crippen LogP contribution is -2.41. The first-order chi connectivity index (χ1) is 12.2. The van der Waals surface area contributed by atoms with E-state index >= 15 is 0 Å². The van der Waals surface area contributed by atoms with Crippen LogP contribution in [-0.2, 0) is 14.8 Å². The van der Waals surface area contributed by atoms with Crippen molar-refractivity contribution in [1.29, 1.82) is 0 Å². The highest BCUT2D eigenvalue weighted by molar-refractivity contribution is 7.92. The van der Waals surface area contributed by atoms with Crippen molar-refractivity contribution in [3.05, 3.63) is 65.7 Å². The highest BCUT2D eigenvalue weighted by atomic mass is 32.2. The Morgan fingerprint density at radius 3 is 2.35 bits per heavy atom. The van der Waals surface area contributed by atoms with Gasteiger partial charge in [0, 0.05) is 12.6 Å². The minimum atomic E-state index is -3.85. The molecule has 0 bridgehead atoms. The number of anilines is 1. The van der Waals surface area contributed by atoms with Crippen molar-refractivity contribution in [2.24, 2.45) is 0 Å². The van der Waals surface area contributed by atoms with Crippen LogP contribution < -0.4 is 9.62 Å². The van der Waals surface area contributed by atoms with Crippen molar-refractivity contribution < 1.29 is 22.0 Å². The third-order valence-electron chi connectivity index (χ3n) is 3.85. The van der Waals surface area contributed by atoms with Crippen LogP contribution in [0.15, 0.2) is 48.5 Å². The van der Waals surface area contributed by atoms with Crippen LogP contribution in [-0.4, -0.2) is 33.7 Å². The molecule has 0 saturated carbocycles. The van der Waals surface area contributed by atoms with Gasteiger partial charge in [0.25, 0.3) is 0 Å². The number of carbonyl (C=O) groups excluding carboxylic acids is 1. The monoisotopic (exact) mass is 382 g/mol. The van der Waals surface area contributed by atoms with Crippen molar-refractivity contribution >= 4 is 21.6 Å². The fraction of sp³-hybridized carbons (Fsp3) is 0.278. The van der Waals surface area contributed by atoms with E-state index in [0.717, 1.165) is 34.3 Å². The number of carbonyl (C=O) groups is 1. The topological polar surface area (TPSA) is 66.5 Å². The van der Waals surface area contributed by atoms with E-state index in [1.807, 2.05) is 37.3 Å². The second kappa shape index (κ2) is 8.27. The Morgan fingerprint density at radius 1 is 1.12 bits per heavy atom. The van der Waals surface area contributed by atoms with E-state index in [0.29, 0.717) is 6.54 Å². The Bertz CT molecular complexity index is 873. The van der Waals surface area contributed by atoms with Gasteiger partial charge in [0.05, 0.1) is 11.9 Å². The Balaban J connectivity index is 2.06. The zero-order valence-corrected chi connectivity index (χ0v) is 15.3. The van der Waals surface area contributed by atoms with Gasteiger partial charge >= 0.3 is 0 Å². The Labute approximate surface area is 151 Å². The van der Waals surface area contributed by atoms with Crippen LogP contribution in [0.4, 0.5) is 14.5 Å². The van der Waals surface area contributed by atoms with Crippen LogP contribution in [0.3, 0.4) is 0 Å². The summed E-state index contributed by atoms with van der Waals surface area (Å²) in [6.45, 7) is 1.73. The van der Waals surface area contributed by atoms with Crippen LogP contribution in [0.1, 0.15) is 18.4 Å². The molecule has 0 radical (unpaired) electrons. The molecule has 0 fully saturated rings. The lowest BCUT2D eigenvalue weighted by atomic mass is 10.0. The van der Waals surface area contributed by atoms with E-state index in [2.05, 4.69) is 5.32 Å². The normalized spacial score (nSPS) is 12.5. The molecule has 5 nitrogen and oxygen atoms in total. The second-order valence-electron chi connectivity index (χ2n) is 5.98. The van der Waals surface area contributed by atoms with Gasteiger partial charge in [-0.15, -0.1) is 0 Å². The lowest BCUT2D eigenvalue weighted by Gasteiger charge is -2.22. The number of halogens is 2. The van der Waals surface area contributed by atoms with Gasteiger partial charge in [0.15, 0.2) is 11.6 Å². The van der Waals surface area contributed by atoms with Crippen LogP contribution >= 0.6 is 0 Å². The minimum absolute atomic E-state index is 0.0371. The zero-order valence-electron chi connectivity index (χ0n) is 14.4. The zero-order chi connectivity index (χ0) is 19.3. The molecule has 2 rings (SSSR count). The molecule has 26 heavy (non-hydrogen) atoms. The first-order valence-corrected chi connectivity index (χ1v) is 9.77. The van der Waals surface area contributed by atoms with Crippen molar-refractivity contribution in [2.75, 3.05) is 23.7 Å². The first-order valence-electron chi connectivity index (χ1n) is 7.93. The molecule has 2 aromatic rings. The van der Waals surface area contributed by atoms with Crippen LogP contribution in [0, 0.1) is 11.6 Å². The number of hydrogen-bond acceptors (Lipinski definition) is 3. The molecule has 1 amide bonds. The van der Waals surface area contributed by atoms with Gasteiger partial charge in [0.1, 0.15) is 6.54 Å². The largest absolute Gasteiger partial charge is 0.354 e. The molecule has 0 aliphatic carbocycles. The van der Waals surface area contributed by atoms with Crippen LogP contribution in [0.25, 0.3) is 0 Å². The number of benzene rings is 2. The van der Waals surface area contributed by atoms with E-state index < -0.39 is 34.1 Å². The summed E-state index contributed by atoms with van der Waals surface area (Å²) in [5.74, 6) is -2.78. The fourth-order valence-electron chi connectivity index (χ4n) is 2.39. The Kier molecular flexibility index (Phi) is 6.31. The average molecular weight is 382 g/mol. The fourth-order valence-corrected chi connectivity index (χ4v) is 3.24. The lowest BCUT2D eigenvalue weighted by molar-refractivity contribution is -0.119. The molecular formula is C18H20F2N2O3S. The first kappa shape index (κ1) is 19.8. The molecule has 2 aromatic carbocycles. The highest BCUT2D eigenvalue weighted by Gasteiger charge is 2.22. The number of amides is 1. The summed E-state index contributed by atoms with van der Waals surface area (Å²) >= 11 is 0. The molecule has 0 aliphatic rings. The predicted molar refractivity (Wildman–Crippen MR) is 96.4 cm³/mol. The number of nitrogens with zero attached hydrogens (tertiary/aromatic N) is 1. The minimum Gasteiger partial charge on any atom is -0.354 e. The molecule has 0 saturated heterocycles. The van der Waals surface area contributed by atoms with Crippen molar-refractivity contribution in [3.8, 4) is 0 Å². The maximum absolute atomic E-state index is 13.4. The second-order valence-corrected chi connectivity index (χ2v) is 7.89. The predicted octanol–water partition coefficient (Wildman–Crippen LogP) is 2.65. The molecule has 0 aliphatic heterocycles. The van der Waals surface area contributed by atoms with Gasteiger partial charge in [0.2, 0.25) is 15.9 Å². The van der Waals surface area contributed by atoms with E-state index in [9.17, 15) is 22.0 Å². The van der Waals surface area contributed by atoms with Crippen LogP contribution in [0.5, 0.6) is 0 Å². The maximum atomic E-state index is 13.4. The quantitative estimate of drug-likeness (QED) is 0.801. The maximum Gasteiger partial charge on any atom is 0.240 e. The molecule has 1 unspecified atom stereocenters. The molecule has 0 heterocycles. The third kappa shape index (κ3) is 5.26. The molecule has 1 atom stereocenters. The molecule has 8 heteroatoms. The SMILES string of the molecule is CC(CNC(=O)CN(c1ccc(F)c(F)c1)S(C)(=O)=O)c1ccccc1. The summed E-state index contributed by atoms with van der Waals surface area (Å²) in [5, 5.41) is 2.67. The summed E-state index contributed by atoms with van der Waals surface area (Å²) in [5.41, 5.74) is 0.922. The summed E-state index contributed by atoms with van der Waals surface area (Å²) < 4.78 is 51.1. The van der Waals surface area contributed by atoms with E-state index in [1.54, 1.807) is 0 Å². The summed E-state index contributed by atoms with van der Waals surface area (Å²) in [6.07, 6.45) is 0.897. The van der Waals surface area contributed by atoms with Gasteiger partial charge in [-0.25, -0.2) is 17.2 Å². The molecule has 0 spiro atoms. The summed E-state index contributed by atoms with van der Waals surface area (Å²) in [4.78, 5) is 12.2. The van der Waals surface area contributed by atoms with Crippen LogP contribution in [0.2, 0.25) is 0 Å². The third-order valence-corrected chi connectivity index (χ3v) is 4.99. The van der Waals surface area contributed by atoms with Gasteiger partial charge in [-0.1, -0.05) is 37.3 Å². The summed E-state index contributed by atoms with van der Waals surface area (Å²) in [7, 11) is -3.85. The van der Waals surface area contributed by atoms with Gasteiger partial charge in [-0.3, -0.25) is 9.10 Å². The Hall–Kier alpha value is -2.48. The van der Waals surface area contributed by atoms with Crippen molar-refractivity contribution in [3.63, 3.8) is 0 Å². The summed E-state index contributed by atoms with van der Waals surface area (Å²) in [6, 6.07) is 12.2. The van der Waals surface area contributed by atoms with Gasteiger partial charge in [-0.2, -0.15) is 0 Å². The van der Waals surface area contributed by atoms with E-state index in [4.69, 9.17) is 0 Å². The molecule has 140 valence electrons. The van der Waals surface area contributed by atoms with Gasteiger partial charge in [-0.05, 0) is 23.6 Å². The Morgan fingerprint density at radius 2 is 1.77 bits per heavy atom. The number of nitrogens with one attached hydrogen (secondary N) is 1. The van der Waals surface area contributed by atoms with Crippen molar-refractivity contribution in [2.45, 2.75) is 12.8 Å². The van der Waals surface area contributed by atoms with E-state index in [1.165, 1.54) is 0 Å². The number of hydrogen-bond donors (Lipinski definition) is 1. The highest BCUT2D eigenvalue weighted by Crippen LogP contribution is 2.20. The smallest absolute Gasteiger partial charge is 0.240 e. The van der Waals surface area contributed by atoms with E-state index in [-0.39, 0.29) is 11.6 Å². The van der Waals surface area contributed by atoms with Gasteiger partial charge < -0.3 is 5.32 Å². The standard InChI is InChI=1S/C18H20F2N2O3S/c1-13(14-6-4-3-5-7-14)11-21-18(23)12-22(26(2,24)25)15-8-9-16(19)17(20)10-15/h3-10,13H,11-12H2,1-2H3,(H,21,23). The molecule has 0 aromatic heterocycles.